The van der Waals surface area contributed by atoms with Crippen molar-refractivity contribution in [2.75, 3.05) is 0 Å². The highest BCUT2D eigenvalue weighted by molar-refractivity contribution is 6.21. The van der Waals surface area contributed by atoms with E-state index in [2.05, 4.69) is 75.0 Å². The number of aryl methyl sites for hydroxylation is 3. The number of benzene rings is 3. The second-order valence-electron chi connectivity index (χ2n) is 7.47. The van der Waals surface area contributed by atoms with Crippen LogP contribution in [0.3, 0.4) is 0 Å². The Labute approximate surface area is 166 Å². The number of furan rings is 1. The number of hydrogen-bond donors (Lipinski definition) is 0. The Balaban J connectivity index is 1.90. The Morgan fingerprint density at radius 2 is 1.34 bits per heavy atom. The predicted octanol–water partition coefficient (Wildman–Crippen LogP) is 5.79. The van der Waals surface area contributed by atoms with Crippen molar-refractivity contribution in [3.8, 4) is 5.95 Å². The number of aromatic nitrogens is 4. The van der Waals surface area contributed by atoms with E-state index in [0.717, 1.165) is 49.3 Å². The Morgan fingerprint density at radius 1 is 0.655 bits per heavy atom. The summed E-state index contributed by atoms with van der Waals surface area (Å²) < 4.78 is 8.56. The zero-order chi connectivity index (χ0) is 19.7. The Kier molecular flexibility index (Phi) is 3.16. The largest absolute Gasteiger partial charge is 0.454 e. The molecular formula is C24H18N4O. The standard InChI is InChI=1S/C24H18N4O/c1-13-7-6-9-18-19-12-11-17-16-8-4-5-10-20(16)28(21(17)23(19)29-22(13)18)24-26-14(2)25-15(3)27-24/h4-12H,1-3H3. The second-order valence-corrected chi connectivity index (χ2v) is 7.47. The third-order valence-electron chi connectivity index (χ3n) is 5.54. The molecule has 3 heterocycles. The molecule has 0 aliphatic heterocycles. The Morgan fingerprint density at radius 3 is 2.17 bits per heavy atom. The first-order valence-corrected chi connectivity index (χ1v) is 9.65. The molecule has 0 N–H and O–H groups in total. The van der Waals surface area contributed by atoms with Gasteiger partial charge in [0.15, 0.2) is 5.58 Å². The average molecular weight is 378 g/mol. The predicted molar refractivity (Wildman–Crippen MR) is 116 cm³/mol. The quantitative estimate of drug-likeness (QED) is 0.363. The molecule has 0 unspecified atom stereocenters. The van der Waals surface area contributed by atoms with Crippen molar-refractivity contribution in [2.24, 2.45) is 0 Å². The van der Waals surface area contributed by atoms with Crippen LogP contribution < -0.4 is 0 Å². The number of para-hydroxylation sites is 2. The van der Waals surface area contributed by atoms with Crippen LogP contribution in [0.2, 0.25) is 0 Å². The molecule has 6 aromatic rings. The monoisotopic (exact) mass is 378 g/mol. The van der Waals surface area contributed by atoms with E-state index in [1.165, 1.54) is 0 Å². The molecule has 0 saturated heterocycles. The molecule has 29 heavy (non-hydrogen) atoms. The summed E-state index contributed by atoms with van der Waals surface area (Å²) in [5, 5.41) is 4.50. The van der Waals surface area contributed by atoms with Crippen LogP contribution in [0.15, 0.2) is 59.0 Å². The smallest absolute Gasteiger partial charge is 0.238 e. The molecule has 0 bridgehead atoms. The molecule has 5 heteroatoms. The molecule has 0 saturated carbocycles. The molecular weight excluding hydrogens is 360 g/mol. The van der Waals surface area contributed by atoms with E-state index in [-0.39, 0.29) is 0 Å². The molecule has 0 atom stereocenters. The van der Waals surface area contributed by atoms with Crippen LogP contribution in [0.1, 0.15) is 17.2 Å². The van der Waals surface area contributed by atoms with Crippen molar-refractivity contribution < 1.29 is 4.42 Å². The highest BCUT2D eigenvalue weighted by Crippen LogP contribution is 2.40. The molecule has 0 radical (unpaired) electrons. The zero-order valence-corrected chi connectivity index (χ0v) is 16.4. The van der Waals surface area contributed by atoms with Gasteiger partial charge in [0.1, 0.15) is 22.7 Å². The zero-order valence-electron chi connectivity index (χ0n) is 16.4. The number of nitrogens with zero attached hydrogens (tertiary/aromatic N) is 4. The average Bonchev–Trinajstić information content (AvgIpc) is 3.24. The van der Waals surface area contributed by atoms with Crippen molar-refractivity contribution in [1.82, 2.24) is 19.5 Å². The van der Waals surface area contributed by atoms with E-state index in [4.69, 9.17) is 4.42 Å². The highest BCUT2D eigenvalue weighted by atomic mass is 16.3. The number of hydrogen-bond acceptors (Lipinski definition) is 4. The molecule has 5 nitrogen and oxygen atoms in total. The van der Waals surface area contributed by atoms with Crippen LogP contribution in [0.5, 0.6) is 0 Å². The van der Waals surface area contributed by atoms with Crippen LogP contribution in [0.25, 0.3) is 49.7 Å². The second kappa shape index (κ2) is 5.64. The summed E-state index contributed by atoms with van der Waals surface area (Å²) >= 11 is 0. The van der Waals surface area contributed by atoms with Crippen LogP contribution >= 0.6 is 0 Å². The van der Waals surface area contributed by atoms with Gasteiger partial charge in [0.05, 0.1) is 5.52 Å². The minimum Gasteiger partial charge on any atom is -0.454 e. The molecule has 0 aliphatic rings. The summed E-state index contributed by atoms with van der Waals surface area (Å²) in [6.45, 7) is 5.87. The number of fused-ring (bicyclic) bond motifs is 7. The van der Waals surface area contributed by atoms with Crippen LogP contribution in [-0.4, -0.2) is 19.5 Å². The summed E-state index contributed by atoms with van der Waals surface area (Å²) in [7, 11) is 0. The Hall–Kier alpha value is -3.73. The normalized spacial score (nSPS) is 12.0. The first-order valence-electron chi connectivity index (χ1n) is 9.65. The van der Waals surface area contributed by atoms with E-state index in [1.54, 1.807) is 0 Å². The van der Waals surface area contributed by atoms with Gasteiger partial charge in [-0.3, -0.25) is 4.57 Å². The van der Waals surface area contributed by atoms with E-state index in [9.17, 15) is 0 Å². The van der Waals surface area contributed by atoms with Gasteiger partial charge in [-0.05, 0) is 38.5 Å². The lowest BCUT2D eigenvalue weighted by atomic mass is 10.1. The maximum atomic E-state index is 6.46. The van der Waals surface area contributed by atoms with Gasteiger partial charge in [-0.1, -0.05) is 42.5 Å². The van der Waals surface area contributed by atoms with Gasteiger partial charge in [0.2, 0.25) is 5.95 Å². The molecule has 3 aromatic carbocycles. The van der Waals surface area contributed by atoms with Crippen molar-refractivity contribution in [2.45, 2.75) is 20.8 Å². The maximum absolute atomic E-state index is 6.46. The molecule has 0 aliphatic carbocycles. The number of rotatable bonds is 1. The van der Waals surface area contributed by atoms with Gasteiger partial charge in [-0.2, -0.15) is 9.97 Å². The molecule has 140 valence electrons. The van der Waals surface area contributed by atoms with Crippen molar-refractivity contribution in [3.05, 3.63) is 71.8 Å². The van der Waals surface area contributed by atoms with Crippen molar-refractivity contribution >= 4 is 43.7 Å². The van der Waals surface area contributed by atoms with Gasteiger partial charge in [0, 0.05) is 21.5 Å². The van der Waals surface area contributed by atoms with E-state index in [1.807, 2.05) is 19.9 Å². The lowest BCUT2D eigenvalue weighted by molar-refractivity contribution is 0.667. The van der Waals surface area contributed by atoms with Crippen LogP contribution in [-0.2, 0) is 0 Å². The van der Waals surface area contributed by atoms with Gasteiger partial charge in [-0.15, -0.1) is 0 Å². The third kappa shape index (κ3) is 2.18. The minimum absolute atomic E-state index is 0.617. The molecule has 0 spiro atoms. The maximum Gasteiger partial charge on any atom is 0.238 e. The fourth-order valence-electron chi connectivity index (χ4n) is 4.35. The van der Waals surface area contributed by atoms with E-state index < -0.39 is 0 Å². The summed E-state index contributed by atoms with van der Waals surface area (Å²) in [5.74, 6) is 2.02. The molecule has 6 rings (SSSR count). The highest BCUT2D eigenvalue weighted by Gasteiger charge is 2.20. The summed E-state index contributed by atoms with van der Waals surface area (Å²) in [6.07, 6.45) is 0. The van der Waals surface area contributed by atoms with Gasteiger partial charge in [-0.25, -0.2) is 4.98 Å². The van der Waals surface area contributed by atoms with Gasteiger partial charge < -0.3 is 4.42 Å². The summed E-state index contributed by atoms with van der Waals surface area (Å²) in [5.41, 5.74) is 4.95. The van der Waals surface area contributed by atoms with Gasteiger partial charge >= 0.3 is 0 Å². The summed E-state index contributed by atoms with van der Waals surface area (Å²) in [6, 6.07) is 18.9. The summed E-state index contributed by atoms with van der Waals surface area (Å²) in [4.78, 5) is 13.7. The molecule has 3 aromatic heterocycles. The topological polar surface area (TPSA) is 56.7 Å². The van der Waals surface area contributed by atoms with Crippen molar-refractivity contribution in [3.63, 3.8) is 0 Å². The van der Waals surface area contributed by atoms with E-state index in [0.29, 0.717) is 17.6 Å². The van der Waals surface area contributed by atoms with Gasteiger partial charge in [0.25, 0.3) is 0 Å². The molecule has 0 amide bonds. The molecule has 0 fully saturated rings. The fourth-order valence-corrected chi connectivity index (χ4v) is 4.35. The first-order chi connectivity index (χ1) is 14.1. The third-order valence-corrected chi connectivity index (χ3v) is 5.54. The Bertz CT molecular complexity index is 1570. The lowest BCUT2D eigenvalue weighted by Gasteiger charge is -2.07. The van der Waals surface area contributed by atoms with Crippen LogP contribution in [0, 0.1) is 20.8 Å². The fraction of sp³-hybridized carbons (Fsp3) is 0.125. The SMILES string of the molecule is Cc1nc(C)nc(-n2c3ccccc3c3ccc4c5cccc(C)c5oc4c32)n1. The van der Waals surface area contributed by atoms with E-state index >= 15 is 0 Å². The van der Waals surface area contributed by atoms with Crippen LogP contribution in [0.4, 0.5) is 0 Å². The van der Waals surface area contributed by atoms with Crippen molar-refractivity contribution in [1.29, 1.82) is 0 Å². The lowest BCUT2D eigenvalue weighted by Crippen LogP contribution is -2.06. The minimum atomic E-state index is 0.617. The first kappa shape index (κ1) is 16.2.